The lowest BCUT2D eigenvalue weighted by Crippen LogP contribution is -2.36. The zero-order chi connectivity index (χ0) is 18.3. The molecule has 0 spiro atoms. The highest BCUT2D eigenvalue weighted by Gasteiger charge is 2.31. The fourth-order valence-corrected chi connectivity index (χ4v) is 2.09. The molecule has 0 unspecified atom stereocenters. The van der Waals surface area contributed by atoms with Gasteiger partial charge in [0.2, 0.25) is 0 Å². The van der Waals surface area contributed by atoms with Gasteiger partial charge in [-0.05, 0) is 12.1 Å². The number of hydrogen-bond acceptors (Lipinski definition) is 2. The van der Waals surface area contributed by atoms with Crippen LogP contribution in [0.1, 0.15) is 11.1 Å². The largest absolute Gasteiger partial charge is 0.573 e. The SMILES string of the molecule is CN=C(NCc1ccccc1F)NCc1ccccc1OC(F)(F)F. The van der Waals surface area contributed by atoms with E-state index in [-0.39, 0.29) is 24.7 Å². The number of nitrogens with one attached hydrogen (secondary N) is 2. The summed E-state index contributed by atoms with van der Waals surface area (Å²) in [6.07, 6.45) is -4.76. The van der Waals surface area contributed by atoms with Crippen molar-refractivity contribution in [1.82, 2.24) is 10.6 Å². The van der Waals surface area contributed by atoms with Gasteiger partial charge in [-0.25, -0.2) is 4.39 Å². The number of hydrogen-bond donors (Lipinski definition) is 2. The fraction of sp³-hybridized carbons (Fsp3) is 0.235. The predicted octanol–water partition coefficient (Wildman–Crippen LogP) is 3.59. The Hall–Kier alpha value is -2.77. The van der Waals surface area contributed by atoms with Gasteiger partial charge in [0, 0.05) is 31.3 Å². The maximum absolute atomic E-state index is 13.6. The van der Waals surface area contributed by atoms with Crippen LogP contribution in [0.4, 0.5) is 17.6 Å². The van der Waals surface area contributed by atoms with Gasteiger partial charge in [-0.3, -0.25) is 4.99 Å². The summed E-state index contributed by atoms with van der Waals surface area (Å²) in [5.74, 6) is -0.313. The number of alkyl halides is 3. The Balaban J connectivity index is 1.96. The molecule has 0 aromatic heterocycles. The van der Waals surface area contributed by atoms with E-state index in [1.807, 2.05) is 0 Å². The summed E-state index contributed by atoms with van der Waals surface area (Å²) < 4.78 is 54.8. The van der Waals surface area contributed by atoms with Gasteiger partial charge >= 0.3 is 6.36 Å². The average molecular weight is 355 g/mol. The molecule has 2 N–H and O–H groups in total. The van der Waals surface area contributed by atoms with Crippen molar-refractivity contribution in [3.8, 4) is 5.75 Å². The number of halogens is 4. The van der Waals surface area contributed by atoms with Crippen molar-refractivity contribution in [2.75, 3.05) is 7.05 Å². The van der Waals surface area contributed by atoms with E-state index in [0.717, 1.165) is 0 Å². The molecule has 2 rings (SSSR count). The Morgan fingerprint density at radius 1 is 0.960 bits per heavy atom. The average Bonchev–Trinajstić information content (AvgIpc) is 2.56. The summed E-state index contributed by atoms with van der Waals surface area (Å²) in [6.45, 7) is 0.246. The molecule has 0 bridgehead atoms. The normalized spacial score (nSPS) is 12.0. The van der Waals surface area contributed by atoms with Gasteiger partial charge < -0.3 is 15.4 Å². The Labute approximate surface area is 142 Å². The van der Waals surface area contributed by atoms with Gasteiger partial charge in [-0.15, -0.1) is 13.2 Å². The summed E-state index contributed by atoms with van der Waals surface area (Å²) in [7, 11) is 1.51. The standard InChI is InChI=1S/C17H17F4N3O/c1-22-16(23-10-12-6-2-4-8-14(12)18)24-11-13-7-3-5-9-15(13)25-17(19,20)21/h2-9H,10-11H2,1H3,(H2,22,23,24). The van der Waals surface area contributed by atoms with Crippen LogP contribution in [0.25, 0.3) is 0 Å². The van der Waals surface area contributed by atoms with Crippen LogP contribution in [0.5, 0.6) is 5.75 Å². The van der Waals surface area contributed by atoms with Crippen molar-refractivity contribution in [3.05, 3.63) is 65.5 Å². The van der Waals surface area contributed by atoms with Crippen LogP contribution in [-0.2, 0) is 13.1 Å². The van der Waals surface area contributed by atoms with Crippen LogP contribution in [-0.4, -0.2) is 19.4 Å². The van der Waals surface area contributed by atoms with E-state index in [2.05, 4.69) is 20.4 Å². The van der Waals surface area contributed by atoms with E-state index in [1.165, 1.54) is 31.3 Å². The Morgan fingerprint density at radius 3 is 2.12 bits per heavy atom. The smallest absolute Gasteiger partial charge is 0.405 e. The molecule has 4 nitrogen and oxygen atoms in total. The lowest BCUT2D eigenvalue weighted by atomic mass is 10.2. The molecule has 2 aromatic rings. The molecular weight excluding hydrogens is 338 g/mol. The first-order valence-electron chi connectivity index (χ1n) is 7.40. The summed E-state index contributed by atoms with van der Waals surface area (Å²) in [6, 6.07) is 12.1. The third-order valence-corrected chi connectivity index (χ3v) is 3.27. The van der Waals surface area contributed by atoms with Crippen LogP contribution in [0, 0.1) is 5.82 Å². The van der Waals surface area contributed by atoms with Gasteiger partial charge in [0.15, 0.2) is 5.96 Å². The van der Waals surface area contributed by atoms with Crippen LogP contribution >= 0.6 is 0 Å². The lowest BCUT2D eigenvalue weighted by Gasteiger charge is -2.15. The number of para-hydroxylation sites is 1. The highest BCUT2D eigenvalue weighted by Crippen LogP contribution is 2.26. The highest BCUT2D eigenvalue weighted by molar-refractivity contribution is 5.79. The number of aliphatic imine (C=N–C) groups is 1. The Kier molecular flexibility index (Phi) is 6.21. The number of rotatable bonds is 5. The van der Waals surface area contributed by atoms with Crippen LogP contribution < -0.4 is 15.4 Å². The maximum atomic E-state index is 13.6. The molecule has 0 aliphatic carbocycles. The van der Waals surface area contributed by atoms with Gasteiger partial charge in [-0.2, -0.15) is 0 Å². The van der Waals surface area contributed by atoms with Crippen molar-refractivity contribution < 1.29 is 22.3 Å². The fourth-order valence-electron chi connectivity index (χ4n) is 2.09. The summed E-state index contributed by atoms with van der Waals surface area (Å²) in [4.78, 5) is 3.96. The first kappa shape index (κ1) is 18.6. The number of guanidine groups is 1. The lowest BCUT2D eigenvalue weighted by molar-refractivity contribution is -0.274. The molecule has 134 valence electrons. The third-order valence-electron chi connectivity index (χ3n) is 3.27. The Bertz CT molecular complexity index is 732. The molecule has 0 atom stereocenters. The first-order valence-corrected chi connectivity index (χ1v) is 7.40. The van der Waals surface area contributed by atoms with E-state index < -0.39 is 6.36 Å². The highest BCUT2D eigenvalue weighted by atomic mass is 19.4. The summed E-state index contributed by atoms with van der Waals surface area (Å²) >= 11 is 0. The zero-order valence-corrected chi connectivity index (χ0v) is 13.4. The molecule has 0 saturated carbocycles. The second-order valence-electron chi connectivity index (χ2n) is 5.03. The molecule has 8 heteroatoms. The molecule has 25 heavy (non-hydrogen) atoms. The molecule has 0 heterocycles. The van der Waals surface area contributed by atoms with Crippen molar-refractivity contribution in [1.29, 1.82) is 0 Å². The van der Waals surface area contributed by atoms with Gasteiger partial charge in [-0.1, -0.05) is 36.4 Å². The quantitative estimate of drug-likeness (QED) is 0.490. The number of ether oxygens (including phenoxy) is 1. The molecule has 0 saturated heterocycles. The van der Waals surface area contributed by atoms with Gasteiger partial charge in [0.25, 0.3) is 0 Å². The van der Waals surface area contributed by atoms with Gasteiger partial charge in [0.05, 0.1) is 0 Å². The Morgan fingerprint density at radius 2 is 1.52 bits per heavy atom. The molecule has 2 aromatic carbocycles. The predicted molar refractivity (Wildman–Crippen MR) is 86.6 cm³/mol. The zero-order valence-electron chi connectivity index (χ0n) is 13.4. The van der Waals surface area contributed by atoms with Crippen molar-refractivity contribution >= 4 is 5.96 Å². The molecule has 0 fully saturated rings. The van der Waals surface area contributed by atoms with E-state index in [0.29, 0.717) is 17.1 Å². The third kappa shape index (κ3) is 5.98. The van der Waals surface area contributed by atoms with Crippen LogP contribution in [0.3, 0.4) is 0 Å². The summed E-state index contributed by atoms with van der Waals surface area (Å²) in [5, 5.41) is 5.77. The number of benzene rings is 2. The molecule has 0 aliphatic rings. The van der Waals surface area contributed by atoms with Crippen LogP contribution in [0.2, 0.25) is 0 Å². The first-order chi connectivity index (χ1) is 11.9. The molecular formula is C17H17F4N3O. The second kappa shape index (κ2) is 8.36. The minimum Gasteiger partial charge on any atom is -0.405 e. The minimum atomic E-state index is -4.76. The molecule has 0 radical (unpaired) electrons. The maximum Gasteiger partial charge on any atom is 0.573 e. The van der Waals surface area contributed by atoms with E-state index in [1.54, 1.807) is 24.3 Å². The minimum absolute atomic E-state index is 0.0587. The van der Waals surface area contributed by atoms with Crippen molar-refractivity contribution in [2.24, 2.45) is 4.99 Å². The monoisotopic (exact) mass is 355 g/mol. The molecule has 0 amide bonds. The summed E-state index contributed by atoms with van der Waals surface area (Å²) in [5.41, 5.74) is 0.764. The number of nitrogens with zero attached hydrogens (tertiary/aromatic N) is 1. The van der Waals surface area contributed by atoms with E-state index in [4.69, 9.17) is 0 Å². The van der Waals surface area contributed by atoms with Crippen molar-refractivity contribution in [3.63, 3.8) is 0 Å². The van der Waals surface area contributed by atoms with Crippen LogP contribution in [0.15, 0.2) is 53.5 Å². The van der Waals surface area contributed by atoms with E-state index in [9.17, 15) is 17.6 Å². The van der Waals surface area contributed by atoms with E-state index >= 15 is 0 Å². The second-order valence-corrected chi connectivity index (χ2v) is 5.03. The molecule has 0 aliphatic heterocycles. The topological polar surface area (TPSA) is 45.7 Å². The van der Waals surface area contributed by atoms with Crippen molar-refractivity contribution in [2.45, 2.75) is 19.5 Å². The van der Waals surface area contributed by atoms with Gasteiger partial charge in [0.1, 0.15) is 11.6 Å².